The van der Waals surface area contributed by atoms with Crippen molar-refractivity contribution in [1.82, 2.24) is 0 Å². The molecule has 0 saturated heterocycles. The first kappa shape index (κ1) is 16.4. The summed E-state index contributed by atoms with van der Waals surface area (Å²) in [7, 11) is -2.01. The molecule has 3 aromatic carbocycles. The van der Waals surface area contributed by atoms with Crippen LogP contribution in [-0.2, 0) is 4.79 Å². The Morgan fingerprint density at radius 1 is 0.667 bits per heavy atom. The SMILES string of the molecule is CC(=O)/C=C/[P+](c1ccccc1)(c1ccccc1)c1ccccc1. The summed E-state index contributed by atoms with van der Waals surface area (Å²) >= 11 is 0. The van der Waals surface area contributed by atoms with E-state index in [0.717, 1.165) is 0 Å². The van der Waals surface area contributed by atoms with Crippen molar-refractivity contribution < 1.29 is 4.79 Å². The Hall–Kier alpha value is -2.50. The standard InChI is InChI=1S/C22H20OP/c1-19(23)17-18-24(20-11-5-2-6-12-20,21-13-7-3-8-14-21)22-15-9-4-10-16-22/h2-18H,1H3/q+1/b18-17+. The van der Waals surface area contributed by atoms with E-state index in [4.69, 9.17) is 0 Å². The first-order valence-electron chi connectivity index (χ1n) is 7.99. The van der Waals surface area contributed by atoms with Crippen LogP contribution in [-0.4, -0.2) is 5.78 Å². The highest BCUT2D eigenvalue weighted by atomic mass is 31.2. The third-order valence-electron chi connectivity index (χ3n) is 4.02. The van der Waals surface area contributed by atoms with E-state index >= 15 is 0 Å². The molecule has 0 fully saturated rings. The normalized spacial score (nSPS) is 11.5. The predicted molar refractivity (Wildman–Crippen MR) is 105 cm³/mol. The van der Waals surface area contributed by atoms with Gasteiger partial charge in [-0.3, -0.25) is 4.79 Å². The summed E-state index contributed by atoms with van der Waals surface area (Å²) in [5, 5.41) is 3.75. The molecule has 0 atom stereocenters. The van der Waals surface area contributed by atoms with Crippen LogP contribution in [0.4, 0.5) is 0 Å². The number of carbonyl (C=O) groups excluding carboxylic acids is 1. The molecule has 118 valence electrons. The van der Waals surface area contributed by atoms with Crippen LogP contribution in [0, 0.1) is 0 Å². The van der Waals surface area contributed by atoms with Crippen LogP contribution in [0.1, 0.15) is 6.92 Å². The largest absolute Gasteiger partial charge is 0.295 e. The highest BCUT2D eigenvalue weighted by Gasteiger charge is 2.43. The van der Waals surface area contributed by atoms with E-state index in [1.807, 2.05) is 18.2 Å². The molecule has 0 aliphatic heterocycles. The van der Waals surface area contributed by atoms with Crippen LogP contribution in [0.5, 0.6) is 0 Å². The molecule has 0 spiro atoms. The Kier molecular flexibility index (Phi) is 5.03. The fourth-order valence-electron chi connectivity index (χ4n) is 2.91. The first-order valence-corrected chi connectivity index (χ1v) is 9.85. The Morgan fingerprint density at radius 3 is 1.29 bits per heavy atom. The Balaban J connectivity index is 2.35. The number of hydrogen-bond acceptors (Lipinski definition) is 1. The third kappa shape index (κ3) is 3.22. The van der Waals surface area contributed by atoms with Crippen molar-refractivity contribution in [3.63, 3.8) is 0 Å². The summed E-state index contributed by atoms with van der Waals surface area (Å²) in [5.74, 6) is 2.21. The van der Waals surface area contributed by atoms with Gasteiger partial charge in [0.15, 0.2) is 5.78 Å². The van der Waals surface area contributed by atoms with Gasteiger partial charge in [-0.1, -0.05) is 54.6 Å². The average Bonchev–Trinajstić information content (AvgIpc) is 2.65. The molecule has 0 unspecified atom stereocenters. The zero-order valence-corrected chi connectivity index (χ0v) is 14.6. The van der Waals surface area contributed by atoms with E-state index in [2.05, 4.69) is 78.6 Å². The summed E-state index contributed by atoms with van der Waals surface area (Å²) in [6.07, 6.45) is 1.72. The van der Waals surface area contributed by atoms with Crippen LogP contribution in [0.15, 0.2) is 103 Å². The molecule has 0 amide bonds. The second kappa shape index (κ2) is 7.38. The molecule has 0 aromatic heterocycles. The second-order valence-electron chi connectivity index (χ2n) is 5.66. The highest BCUT2D eigenvalue weighted by Crippen LogP contribution is 2.56. The van der Waals surface area contributed by atoms with Gasteiger partial charge in [0.05, 0.1) is 5.82 Å². The zero-order valence-electron chi connectivity index (χ0n) is 13.7. The van der Waals surface area contributed by atoms with Crippen LogP contribution in [0.25, 0.3) is 0 Å². The van der Waals surface area contributed by atoms with Gasteiger partial charge < -0.3 is 0 Å². The summed E-state index contributed by atoms with van der Waals surface area (Å²) in [6.45, 7) is 1.60. The van der Waals surface area contributed by atoms with E-state index in [-0.39, 0.29) is 5.78 Å². The molecular formula is C22H20OP+. The fourth-order valence-corrected chi connectivity index (χ4v) is 6.68. The highest BCUT2D eigenvalue weighted by molar-refractivity contribution is 7.98. The molecule has 0 aliphatic carbocycles. The smallest absolute Gasteiger partial charge is 0.155 e. The molecule has 1 nitrogen and oxygen atoms in total. The van der Waals surface area contributed by atoms with Gasteiger partial charge in [0.2, 0.25) is 0 Å². The van der Waals surface area contributed by atoms with Crippen LogP contribution < -0.4 is 15.9 Å². The molecule has 0 aliphatic rings. The van der Waals surface area contributed by atoms with Crippen LogP contribution in [0.3, 0.4) is 0 Å². The number of benzene rings is 3. The molecule has 3 rings (SSSR count). The maximum atomic E-state index is 11.7. The van der Waals surface area contributed by atoms with E-state index in [0.29, 0.717) is 0 Å². The van der Waals surface area contributed by atoms with Gasteiger partial charge >= 0.3 is 0 Å². The van der Waals surface area contributed by atoms with Gasteiger partial charge in [0.1, 0.15) is 23.2 Å². The van der Waals surface area contributed by atoms with E-state index < -0.39 is 7.26 Å². The van der Waals surface area contributed by atoms with Crippen molar-refractivity contribution in [2.45, 2.75) is 6.92 Å². The summed E-state index contributed by atoms with van der Waals surface area (Å²) < 4.78 is 0. The van der Waals surface area contributed by atoms with Gasteiger partial charge in [-0.25, -0.2) is 0 Å². The first-order chi connectivity index (χ1) is 11.7. The molecule has 0 heterocycles. The molecule has 0 radical (unpaired) electrons. The topological polar surface area (TPSA) is 17.1 Å². The van der Waals surface area contributed by atoms with Crippen LogP contribution in [0.2, 0.25) is 0 Å². The Labute approximate surface area is 144 Å². The lowest BCUT2D eigenvalue weighted by Crippen LogP contribution is -2.29. The average molecular weight is 331 g/mol. The molecule has 2 heteroatoms. The van der Waals surface area contributed by atoms with Crippen molar-refractivity contribution >= 4 is 29.0 Å². The van der Waals surface area contributed by atoms with Crippen LogP contribution >= 0.6 is 7.26 Å². The van der Waals surface area contributed by atoms with Gasteiger partial charge in [0.25, 0.3) is 0 Å². The fraction of sp³-hybridized carbons (Fsp3) is 0.0455. The minimum Gasteiger partial charge on any atom is -0.295 e. The molecular weight excluding hydrogens is 311 g/mol. The lowest BCUT2D eigenvalue weighted by molar-refractivity contribution is -0.112. The van der Waals surface area contributed by atoms with Gasteiger partial charge in [0, 0.05) is 6.08 Å². The number of hydrogen-bond donors (Lipinski definition) is 0. The van der Waals surface area contributed by atoms with Gasteiger partial charge in [-0.05, 0) is 43.3 Å². The Morgan fingerprint density at radius 2 is 1.00 bits per heavy atom. The molecule has 0 saturated carbocycles. The number of ketones is 1. The molecule has 3 aromatic rings. The van der Waals surface area contributed by atoms with Crippen molar-refractivity contribution in [2.24, 2.45) is 0 Å². The number of carbonyl (C=O) groups is 1. The summed E-state index contributed by atoms with van der Waals surface area (Å²) in [6, 6.07) is 31.5. The monoisotopic (exact) mass is 331 g/mol. The van der Waals surface area contributed by atoms with E-state index in [1.54, 1.807) is 13.0 Å². The molecule has 0 bridgehead atoms. The van der Waals surface area contributed by atoms with Crippen molar-refractivity contribution in [3.8, 4) is 0 Å². The van der Waals surface area contributed by atoms with Crippen molar-refractivity contribution in [2.75, 3.05) is 0 Å². The predicted octanol–water partition coefficient (Wildman–Crippen LogP) is 4.08. The lowest BCUT2D eigenvalue weighted by Gasteiger charge is -2.23. The lowest BCUT2D eigenvalue weighted by atomic mass is 10.4. The summed E-state index contributed by atoms with van der Waals surface area (Å²) in [5.41, 5.74) is 0. The van der Waals surface area contributed by atoms with E-state index in [1.165, 1.54) is 15.9 Å². The van der Waals surface area contributed by atoms with Crippen molar-refractivity contribution in [3.05, 3.63) is 103 Å². The quantitative estimate of drug-likeness (QED) is 0.508. The zero-order chi connectivity index (χ0) is 16.8. The maximum Gasteiger partial charge on any atom is 0.155 e. The molecule has 0 N–H and O–H groups in total. The molecule has 24 heavy (non-hydrogen) atoms. The van der Waals surface area contributed by atoms with Crippen molar-refractivity contribution in [1.29, 1.82) is 0 Å². The van der Waals surface area contributed by atoms with Gasteiger partial charge in [-0.15, -0.1) is 0 Å². The van der Waals surface area contributed by atoms with E-state index in [9.17, 15) is 4.79 Å². The minimum atomic E-state index is -2.01. The van der Waals surface area contributed by atoms with Gasteiger partial charge in [-0.2, -0.15) is 0 Å². The maximum absolute atomic E-state index is 11.7. The number of allylic oxidation sites excluding steroid dienone is 1. The minimum absolute atomic E-state index is 0.0715. The Bertz CT molecular complexity index is 727. The second-order valence-corrected chi connectivity index (χ2v) is 8.95. The summed E-state index contributed by atoms with van der Waals surface area (Å²) in [4.78, 5) is 11.7. The third-order valence-corrected chi connectivity index (χ3v) is 7.96. The number of rotatable bonds is 5.